The van der Waals surface area contributed by atoms with Crippen LogP contribution in [0.3, 0.4) is 0 Å². The number of primary amides is 1. The molecule has 1 heterocycles. The Hall–Kier alpha value is -3.34. The van der Waals surface area contributed by atoms with Crippen molar-refractivity contribution in [2.24, 2.45) is 5.73 Å². The van der Waals surface area contributed by atoms with E-state index in [4.69, 9.17) is 17.3 Å². The molecule has 4 rings (SSSR count). The Morgan fingerprint density at radius 1 is 0.972 bits per heavy atom. The highest BCUT2D eigenvalue weighted by Crippen LogP contribution is 2.31. The molecule has 1 saturated heterocycles. The van der Waals surface area contributed by atoms with Crippen molar-refractivity contribution in [3.05, 3.63) is 100 Å². The second-order valence-electron chi connectivity index (χ2n) is 8.35. The van der Waals surface area contributed by atoms with Gasteiger partial charge in [0.15, 0.2) is 0 Å². The Kier molecular flexibility index (Phi) is 7.39. The first-order valence-electron chi connectivity index (χ1n) is 11.0. The van der Waals surface area contributed by atoms with Gasteiger partial charge in [0.1, 0.15) is 17.7 Å². The van der Waals surface area contributed by atoms with Gasteiger partial charge < -0.3 is 10.6 Å². The molecule has 1 aliphatic heterocycles. The van der Waals surface area contributed by atoms with E-state index in [2.05, 4.69) is 0 Å². The van der Waals surface area contributed by atoms with E-state index in [1.54, 1.807) is 29.2 Å². The number of nitrogens with two attached hydrogens (primary N) is 1. The molecule has 1 atom stereocenters. The summed E-state index contributed by atoms with van der Waals surface area (Å²) in [5.74, 6) is -3.24. The van der Waals surface area contributed by atoms with Crippen molar-refractivity contribution in [1.82, 2.24) is 9.21 Å². The molecule has 1 fully saturated rings. The van der Waals surface area contributed by atoms with Crippen LogP contribution in [0.5, 0.6) is 0 Å². The Balaban J connectivity index is 1.76. The summed E-state index contributed by atoms with van der Waals surface area (Å²) in [7, 11) is -4.42. The molecule has 0 aromatic heterocycles. The van der Waals surface area contributed by atoms with Crippen LogP contribution in [0.2, 0.25) is 5.02 Å². The van der Waals surface area contributed by atoms with Crippen molar-refractivity contribution in [2.45, 2.75) is 23.9 Å². The summed E-state index contributed by atoms with van der Waals surface area (Å²) >= 11 is 5.90. The van der Waals surface area contributed by atoms with Crippen LogP contribution >= 0.6 is 11.6 Å². The maximum Gasteiger partial charge on any atom is 0.253 e. The van der Waals surface area contributed by atoms with Crippen molar-refractivity contribution < 1.29 is 26.8 Å². The second kappa shape index (κ2) is 10.3. The topological polar surface area (TPSA) is 101 Å². The van der Waals surface area contributed by atoms with Crippen LogP contribution in [-0.4, -0.2) is 42.5 Å². The molecule has 188 valence electrons. The number of carbonyl (C=O) groups is 2. The molecule has 2 N–H and O–H groups in total. The Morgan fingerprint density at radius 3 is 2.06 bits per heavy atom. The van der Waals surface area contributed by atoms with Gasteiger partial charge in [-0.25, -0.2) is 17.2 Å². The van der Waals surface area contributed by atoms with Gasteiger partial charge in [0.2, 0.25) is 15.9 Å². The predicted octanol–water partition coefficient (Wildman–Crippen LogP) is 3.88. The van der Waals surface area contributed by atoms with E-state index in [0.29, 0.717) is 35.3 Å². The first-order valence-corrected chi connectivity index (χ1v) is 12.8. The monoisotopic (exact) mass is 533 g/mol. The molecule has 7 nitrogen and oxygen atoms in total. The number of rotatable bonds is 8. The highest BCUT2D eigenvalue weighted by molar-refractivity contribution is 7.89. The van der Waals surface area contributed by atoms with E-state index < -0.39 is 33.6 Å². The van der Waals surface area contributed by atoms with Crippen LogP contribution in [0.4, 0.5) is 8.78 Å². The normalized spacial score (nSPS) is 14.4. The van der Waals surface area contributed by atoms with Gasteiger partial charge in [-0.05, 0) is 66.1 Å². The SMILES string of the molecule is NC(=O)C(c1cc(F)cc(F)c1)N(Cc1ccc(C(=O)N2CCC2)cc1)S(=O)(=O)c1ccc(Cl)cc1. The lowest BCUT2D eigenvalue weighted by Crippen LogP contribution is -2.42. The quantitative estimate of drug-likeness (QED) is 0.475. The summed E-state index contributed by atoms with van der Waals surface area (Å²) in [6.45, 7) is 0.991. The fourth-order valence-corrected chi connectivity index (χ4v) is 5.60. The standard InChI is InChI=1S/C25H22ClF2N3O4S/c26-19-6-8-22(9-7-19)36(34,35)31(23(24(29)32)18-12-20(27)14-21(28)13-18)15-16-2-4-17(5-3-16)25(33)30-10-1-11-30/h2-9,12-14,23H,1,10-11,15H2,(H2,29,32). The number of nitrogens with zero attached hydrogens (tertiary/aromatic N) is 2. The van der Waals surface area contributed by atoms with Crippen molar-refractivity contribution in [3.8, 4) is 0 Å². The first kappa shape index (κ1) is 25.7. The van der Waals surface area contributed by atoms with Gasteiger partial charge in [-0.15, -0.1) is 0 Å². The largest absolute Gasteiger partial charge is 0.368 e. The van der Waals surface area contributed by atoms with Gasteiger partial charge in [-0.1, -0.05) is 23.7 Å². The third-order valence-corrected chi connectivity index (χ3v) is 7.94. The Morgan fingerprint density at radius 2 is 1.56 bits per heavy atom. The maximum atomic E-state index is 14.0. The van der Waals surface area contributed by atoms with Gasteiger partial charge in [-0.2, -0.15) is 4.31 Å². The molecule has 11 heteroatoms. The van der Waals surface area contributed by atoms with E-state index in [9.17, 15) is 26.8 Å². The van der Waals surface area contributed by atoms with E-state index >= 15 is 0 Å². The Bertz CT molecular complexity index is 1380. The van der Waals surface area contributed by atoms with Gasteiger partial charge in [0.05, 0.1) is 4.90 Å². The number of benzene rings is 3. The summed E-state index contributed by atoms with van der Waals surface area (Å²) in [4.78, 5) is 26.5. The number of likely N-dealkylation sites (tertiary alicyclic amines) is 1. The summed E-state index contributed by atoms with van der Waals surface area (Å²) < 4.78 is 56.2. The van der Waals surface area contributed by atoms with Crippen molar-refractivity contribution in [3.63, 3.8) is 0 Å². The fourth-order valence-electron chi connectivity index (χ4n) is 3.90. The number of carbonyl (C=O) groups excluding carboxylic acids is 2. The molecule has 3 aromatic carbocycles. The molecule has 0 saturated carbocycles. The van der Waals surface area contributed by atoms with Gasteiger partial charge in [0.25, 0.3) is 5.91 Å². The van der Waals surface area contributed by atoms with E-state index in [0.717, 1.165) is 22.9 Å². The van der Waals surface area contributed by atoms with Crippen LogP contribution in [-0.2, 0) is 21.4 Å². The fraction of sp³-hybridized carbons (Fsp3) is 0.200. The van der Waals surface area contributed by atoms with Crippen molar-refractivity contribution in [1.29, 1.82) is 0 Å². The molecule has 0 radical (unpaired) electrons. The number of halogens is 3. The zero-order chi connectivity index (χ0) is 26.0. The number of hydrogen-bond acceptors (Lipinski definition) is 4. The van der Waals surface area contributed by atoms with E-state index in [-0.39, 0.29) is 22.9 Å². The molecule has 0 aliphatic carbocycles. The van der Waals surface area contributed by atoms with Crippen molar-refractivity contribution >= 4 is 33.4 Å². The molecule has 1 aliphatic rings. The highest BCUT2D eigenvalue weighted by atomic mass is 35.5. The van der Waals surface area contributed by atoms with Crippen LogP contribution in [0.25, 0.3) is 0 Å². The lowest BCUT2D eigenvalue weighted by molar-refractivity contribution is -0.122. The average Bonchev–Trinajstić information content (AvgIpc) is 2.77. The Labute approximate surface area is 212 Å². The zero-order valence-electron chi connectivity index (χ0n) is 18.9. The molecule has 2 amide bonds. The third kappa shape index (κ3) is 5.40. The maximum absolute atomic E-state index is 14.0. The van der Waals surface area contributed by atoms with E-state index in [1.165, 1.54) is 24.3 Å². The molecule has 1 unspecified atom stereocenters. The minimum absolute atomic E-state index is 0.135. The number of hydrogen-bond donors (Lipinski definition) is 1. The van der Waals surface area contributed by atoms with Gasteiger partial charge in [0, 0.05) is 36.3 Å². The van der Waals surface area contributed by atoms with Crippen LogP contribution in [0.1, 0.15) is 33.9 Å². The predicted molar refractivity (Wildman–Crippen MR) is 129 cm³/mol. The average molecular weight is 534 g/mol. The molecular formula is C25H22ClF2N3O4S. The lowest BCUT2D eigenvalue weighted by Gasteiger charge is -2.31. The third-order valence-electron chi connectivity index (χ3n) is 5.86. The van der Waals surface area contributed by atoms with Crippen LogP contribution in [0.15, 0.2) is 71.6 Å². The summed E-state index contributed by atoms with van der Waals surface area (Å²) in [5.41, 5.74) is 6.18. The molecule has 3 aromatic rings. The minimum Gasteiger partial charge on any atom is -0.368 e. The summed E-state index contributed by atoms with van der Waals surface area (Å²) in [6, 6.07) is 12.1. The van der Waals surface area contributed by atoms with E-state index in [1.807, 2.05) is 0 Å². The number of amides is 2. The number of sulfonamides is 1. The lowest BCUT2D eigenvalue weighted by atomic mass is 10.0. The first-order chi connectivity index (χ1) is 17.1. The molecule has 36 heavy (non-hydrogen) atoms. The molecule has 0 bridgehead atoms. The van der Waals surface area contributed by atoms with Gasteiger partial charge >= 0.3 is 0 Å². The highest BCUT2D eigenvalue weighted by Gasteiger charge is 2.37. The minimum atomic E-state index is -4.42. The van der Waals surface area contributed by atoms with Crippen molar-refractivity contribution in [2.75, 3.05) is 13.1 Å². The summed E-state index contributed by atoms with van der Waals surface area (Å²) in [5, 5.41) is 0.293. The van der Waals surface area contributed by atoms with Gasteiger partial charge in [-0.3, -0.25) is 9.59 Å². The zero-order valence-corrected chi connectivity index (χ0v) is 20.5. The molecule has 0 spiro atoms. The van der Waals surface area contributed by atoms with Crippen LogP contribution < -0.4 is 5.73 Å². The van der Waals surface area contributed by atoms with Crippen LogP contribution in [0, 0.1) is 11.6 Å². The summed E-state index contributed by atoms with van der Waals surface area (Å²) in [6.07, 6.45) is 0.941. The molecular weight excluding hydrogens is 512 g/mol. The second-order valence-corrected chi connectivity index (χ2v) is 10.7. The smallest absolute Gasteiger partial charge is 0.253 e.